The Hall–Kier alpha value is -7.50. The molecule has 0 saturated heterocycles. The van der Waals surface area contributed by atoms with Crippen LogP contribution in [0.2, 0.25) is 0 Å². The summed E-state index contributed by atoms with van der Waals surface area (Å²) in [6.45, 7) is 0. The molecule has 11 aromatic rings. The highest BCUT2D eigenvalue weighted by atomic mass is 16.3. The number of hydrogen-bond donors (Lipinski definition) is 0. The van der Waals surface area contributed by atoms with Gasteiger partial charge in [-0.2, -0.15) is 0 Å². The summed E-state index contributed by atoms with van der Waals surface area (Å²) >= 11 is 0. The number of benzene rings is 7. The Labute approximate surface area is 316 Å². The van der Waals surface area contributed by atoms with Gasteiger partial charge in [-0.15, -0.1) is 0 Å². The van der Waals surface area contributed by atoms with Gasteiger partial charge in [0.2, 0.25) is 0 Å². The summed E-state index contributed by atoms with van der Waals surface area (Å²) < 4.78 is 6.20. The van der Waals surface area contributed by atoms with E-state index in [1.54, 1.807) is 0 Å². The van der Waals surface area contributed by atoms with Gasteiger partial charge in [-0.05, 0) is 42.0 Å². The van der Waals surface area contributed by atoms with E-state index in [2.05, 4.69) is 109 Å². The fourth-order valence-electron chi connectivity index (χ4n) is 7.82. The Kier molecular flexibility index (Phi) is 7.10. The van der Waals surface area contributed by atoms with E-state index in [1.807, 2.05) is 72.8 Å². The van der Waals surface area contributed by atoms with Gasteiger partial charge in [0.05, 0.1) is 44.8 Å². The topological polar surface area (TPSA) is 64.7 Å². The molecule has 0 spiro atoms. The summed E-state index contributed by atoms with van der Waals surface area (Å²) in [7, 11) is 0. The number of aromatic nitrogens is 4. The lowest BCUT2D eigenvalue weighted by Gasteiger charge is -2.13. The predicted octanol–water partition coefficient (Wildman–Crippen LogP) is 13.0. The summed E-state index contributed by atoms with van der Waals surface area (Å²) in [5.74, 6) is 0. The molecule has 0 saturated carbocycles. The number of furan rings is 1. The van der Waals surface area contributed by atoms with Crippen molar-refractivity contribution in [2.45, 2.75) is 0 Å². The fraction of sp³-hybridized carbons (Fsp3) is 0. The van der Waals surface area contributed by atoms with Crippen LogP contribution in [-0.2, 0) is 0 Å². The first-order valence-electron chi connectivity index (χ1n) is 18.4. The van der Waals surface area contributed by atoms with Crippen LogP contribution in [0.3, 0.4) is 0 Å². The van der Waals surface area contributed by atoms with Crippen LogP contribution in [0, 0.1) is 0 Å². The predicted molar refractivity (Wildman–Crippen MR) is 225 cm³/mol. The van der Waals surface area contributed by atoms with Crippen molar-refractivity contribution in [3.63, 3.8) is 0 Å². The number of pyridine rings is 2. The van der Waals surface area contributed by atoms with Crippen molar-refractivity contribution in [3.05, 3.63) is 182 Å². The molecule has 5 heteroatoms. The van der Waals surface area contributed by atoms with Gasteiger partial charge in [-0.25, -0.2) is 19.9 Å². The molecule has 0 N–H and O–H groups in total. The average Bonchev–Trinajstić information content (AvgIpc) is 3.65. The van der Waals surface area contributed by atoms with Gasteiger partial charge in [-0.1, -0.05) is 146 Å². The van der Waals surface area contributed by atoms with E-state index in [0.717, 1.165) is 111 Å². The second kappa shape index (κ2) is 12.6. The maximum Gasteiger partial charge on any atom is 0.136 e. The van der Waals surface area contributed by atoms with E-state index < -0.39 is 0 Å². The van der Waals surface area contributed by atoms with Crippen molar-refractivity contribution in [1.82, 2.24) is 19.9 Å². The monoisotopic (exact) mass is 702 g/mol. The molecule has 4 heterocycles. The van der Waals surface area contributed by atoms with Gasteiger partial charge in [0.25, 0.3) is 0 Å². The van der Waals surface area contributed by atoms with Crippen LogP contribution in [0.25, 0.3) is 111 Å². The van der Waals surface area contributed by atoms with Gasteiger partial charge < -0.3 is 4.42 Å². The molecule has 0 amide bonds. The smallest absolute Gasteiger partial charge is 0.136 e. The molecule has 7 aromatic carbocycles. The van der Waals surface area contributed by atoms with E-state index in [4.69, 9.17) is 24.4 Å². The van der Waals surface area contributed by atoms with Gasteiger partial charge in [0.1, 0.15) is 11.2 Å². The Bertz CT molecular complexity index is 3260. The first kappa shape index (κ1) is 31.1. The molecule has 0 radical (unpaired) electrons. The number of hydrogen-bond acceptors (Lipinski definition) is 5. The van der Waals surface area contributed by atoms with Crippen LogP contribution < -0.4 is 0 Å². The molecular weight excluding hydrogens is 673 g/mol. The molecule has 0 atom stereocenters. The lowest BCUT2D eigenvalue weighted by Crippen LogP contribution is -1.97. The van der Waals surface area contributed by atoms with Crippen LogP contribution >= 0.6 is 0 Å². The molecule has 0 aliphatic carbocycles. The molecule has 0 aliphatic rings. The highest BCUT2D eigenvalue weighted by Crippen LogP contribution is 2.38. The van der Waals surface area contributed by atoms with E-state index in [0.29, 0.717) is 0 Å². The standard InChI is InChI=1S/C50H30N4O/c1-3-12-31(13-4-1)46-49(32-14-5-2-6-15-32)54-50-37(19-10-21-42(50)53-46)35-16-9-17-36(30-35)40-28-26-33-24-25-34-27-29-41(52-48(34)47(33)51-40)38-20-11-23-44-45(38)39-18-7-8-22-43(39)55-44/h1-30H. The largest absolute Gasteiger partial charge is 0.456 e. The number of fused-ring (bicyclic) bond motifs is 7. The second-order valence-corrected chi connectivity index (χ2v) is 13.8. The third-order valence-corrected chi connectivity index (χ3v) is 10.5. The van der Waals surface area contributed by atoms with Crippen molar-refractivity contribution < 1.29 is 4.42 Å². The lowest BCUT2D eigenvalue weighted by atomic mass is 9.98. The van der Waals surface area contributed by atoms with Gasteiger partial charge in [-0.3, -0.25) is 0 Å². The fourth-order valence-corrected chi connectivity index (χ4v) is 7.82. The SMILES string of the molecule is c1ccc(-c2nc3cccc(-c4cccc(-c5ccc6ccc7ccc(-c8cccc9oc%10ccccc%10c89)nc7c6n5)c4)c3nc2-c2ccccc2)cc1. The third kappa shape index (κ3) is 5.24. The minimum absolute atomic E-state index is 0.845. The van der Waals surface area contributed by atoms with E-state index in [9.17, 15) is 0 Å². The van der Waals surface area contributed by atoms with Gasteiger partial charge in [0.15, 0.2) is 0 Å². The number of rotatable bonds is 5. The summed E-state index contributed by atoms with van der Waals surface area (Å²) in [5, 5.41) is 4.23. The molecule has 55 heavy (non-hydrogen) atoms. The minimum atomic E-state index is 0.845. The third-order valence-electron chi connectivity index (χ3n) is 10.5. The summed E-state index contributed by atoms with van der Waals surface area (Å²) in [4.78, 5) is 21.2. The molecule has 256 valence electrons. The van der Waals surface area contributed by atoms with E-state index >= 15 is 0 Å². The molecular formula is C50H30N4O. The minimum Gasteiger partial charge on any atom is -0.456 e. The van der Waals surface area contributed by atoms with Crippen LogP contribution in [0.5, 0.6) is 0 Å². The quantitative estimate of drug-likeness (QED) is 0.167. The Morgan fingerprint density at radius 3 is 1.69 bits per heavy atom. The zero-order chi connectivity index (χ0) is 36.3. The van der Waals surface area contributed by atoms with Crippen molar-refractivity contribution in [2.75, 3.05) is 0 Å². The van der Waals surface area contributed by atoms with Crippen molar-refractivity contribution >= 4 is 54.8 Å². The normalized spacial score (nSPS) is 11.6. The zero-order valence-corrected chi connectivity index (χ0v) is 29.5. The number of nitrogens with zero attached hydrogens (tertiary/aromatic N) is 4. The molecule has 0 bridgehead atoms. The summed E-state index contributed by atoms with van der Waals surface area (Å²) in [6.07, 6.45) is 0. The Morgan fingerprint density at radius 2 is 0.909 bits per heavy atom. The highest BCUT2D eigenvalue weighted by Gasteiger charge is 2.18. The van der Waals surface area contributed by atoms with Crippen LogP contribution in [0.15, 0.2) is 186 Å². The van der Waals surface area contributed by atoms with E-state index in [-0.39, 0.29) is 0 Å². The molecule has 11 rings (SSSR count). The maximum absolute atomic E-state index is 6.20. The van der Waals surface area contributed by atoms with Gasteiger partial charge >= 0.3 is 0 Å². The summed E-state index contributed by atoms with van der Waals surface area (Å²) in [5.41, 5.74) is 14.8. The van der Waals surface area contributed by atoms with Gasteiger partial charge in [0, 0.05) is 49.4 Å². The molecule has 0 fully saturated rings. The Balaban J connectivity index is 1.04. The van der Waals surface area contributed by atoms with Crippen LogP contribution in [-0.4, -0.2) is 19.9 Å². The summed E-state index contributed by atoms with van der Waals surface area (Å²) in [6, 6.07) is 62.4. The van der Waals surface area contributed by atoms with E-state index in [1.165, 1.54) is 0 Å². The second-order valence-electron chi connectivity index (χ2n) is 13.8. The number of para-hydroxylation sites is 2. The molecule has 4 aromatic heterocycles. The molecule has 5 nitrogen and oxygen atoms in total. The molecule has 0 unspecified atom stereocenters. The van der Waals surface area contributed by atoms with Crippen molar-refractivity contribution in [2.24, 2.45) is 0 Å². The maximum atomic E-state index is 6.20. The van der Waals surface area contributed by atoms with Crippen molar-refractivity contribution in [1.29, 1.82) is 0 Å². The molecule has 0 aliphatic heterocycles. The zero-order valence-electron chi connectivity index (χ0n) is 29.5. The first-order chi connectivity index (χ1) is 27.2. The average molecular weight is 703 g/mol. The highest BCUT2D eigenvalue weighted by molar-refractivity contribution is 6.13. The van der Waals surface area contributed by atoms with Crippen molar-refractivity contribution in [3.8, 4) is 56.2 Å². The van der Waals surface area contributed by atoms with Crippen LogP contribution in [0.1, 0.15) is 0 Å². The van der Waals surface area contributed by atoms with Crippen LogP contribution in [0.4, 0.5) is 0 Å². The lowest BCUT2D eigenvalue weighted by molar-refractivity contribution is 0.669. The first-order valence-corrected chi connectivity index (χ1v) is 18.4. The Morgan fingerprint density at radius 1 is 0.345 bits per heavy atom.